The fraction of sp³-hybridized carbons (Fsp3) is 1.00. The Morgan fingerprint density at radius 1 is 1.04 bits per heavy atom. The number of nitrogens with two attached hydrogens (primary N) is 1. The second-order valence-electron chi connectivity index (χ2n) is 11.4. The predicted octanol–water partition coefficient (Wildman–Crippen LogP) is 4.35. The number of fused-ring (bicyclic) bond motifs is 5. The third-order valence-corrected chi connectivity index (χ3v) is 10.3. The van der Waals surface area contributed by atoms with E-state index >= 15 is 0 Å². The van der Waals surface area contributed by atoms with E-state index < -0.39 is 0 Å². The largest absolute Gasteiger partial charge is 0.393 e. The Kier molecular flexibility index (Phi) is 5.22. The Morgan fingerprint density at radius 3 is 2.48 bits per heavy atom. The molecular weight excluding hydrogens is 334 g/mol. The van der Waals surface area contributed by atoms with E-state index in [2.05, 4.69) is 27.7 Å². The SMILES string of the molecule is CCCC(C)[C@H]1CCC2C3C(C[C@H](O)[C@@]21C)[C@@]1(C)CC[C@H](N)C[C@H]1C[C@H]3O. The average molecular weight is 378 g/mol. The van der Waals surface area contributed by atoms with E-state index in [1.165, 1.54) is 32.1 Å². The van der Waals surface area contributed by atoms with Gasteiger partial charge in [0.1, 0.15) is 0 Å². The van der Waals surface area contributed by atoms with E-state index in [1.807, 2.05) is 0 Å². The third kappa shape index (κ3) is 2.86. The van der Waals surface area contributed by atoms with Crippen LogP contribution >= 0.6 is 0 Å². The maximum atomic E-state index is 11.5. The van der Waals surface area contributed by atoms with Gasteiger partial charge in [-0.25, -0.2) is 0 Å². The van der Waals surface area contributed by atoms with Crippen LogP contribution in [0.15, 0.2) is 0 Å². The van der Waals surface area contributed by atoms with E-state index in [0.717, 1.165) is 25.7 Å². The summed E-state index contributed by atoms with van der Waals surface area (Å²) in [6.07, 6.45) is 9.69. The molecule has 4 rings (SSSR count). The van der Waals surface area contributed by atoms with Gasteiger partial charge in [0.15, 0.2) is 0 Å². The van der Waals surface area contributed by atoms with Gasteiger partial charge in [-0.1, -0.05) is 40.5 Å². The number of rotatable bonds is 3. The molecule has 4 aliphatic rings. The van der Waals surface area contributed by atoms with E-state index in [1.54, 1.807) is 0 Å². The minimum Gasteiger partial charge on any atom is -0.393 e. The van der Waals surface area contributed by atoms with Crippen molar-refractivity contribution in [3.8, 4) is 0 Å². The third-order valence-electron chi connectivity index (χ3n) is 10.3. The first-order valence-corrected chi connectivity index (χ1v) is 11.8. The van der Waals surface area contributed by atoms with Crippen LogP contribution in [0.3, 0.4) is 0 Å². The van der Waals surface area contributed by atoms with E-state index in [9.17, 15) is 10.2 Å². The van der Waals surface area contributed by atoms with Crippen LogP contribution in [0, 0.1) is 46.3 Å². The van der Waals surface area contributed by atoms with Crippen LogP contribution in [-0.4, -0.2) is 28.5 Å². The Balaban J connectivity index is 1.66. The molecule has 4 saturated carbocycles. The molecule has 0 aromatic rings. The molecule has 0 spiro atoms. The van der Waals surface area contributed by atoms with Gasteiger partial charge in [0, 0.05) is 6.04 Å². The molecule has 156 valence electrons. The molecule has 27 heavy (non-hydrogen) atoms. The zero-order valence-electron chi connectivity index (χ0n) is 18.0. The minimum atomic E-state index is -0.214. The Hall–Kier alpha value is -0.120. The molecule has 4 aliphatic carbocycles. The number of hydrogen-bond acceptors (Lipinski definition) is 3. The second-order valence-corrected chi connectivity index (χ2v) is 11.4. The Morgan fingerprint density at radius 2 is 1.78 bits per heavy atom. The molecule has 4 unspecified atom stereocenters. The lowest BCUT2D eigenvalue weighted by atomic mass is 9.43. The molecule has 4 N–H and O–H groups in total. The van der Waals surface area contributed by atoms with E-state index in [4.69, 9.17) is 5.73 Å². The quantitative estimate of drug-likeness (QED) is 0.685. The Bertz CT molecular complexity index is 552. The van der Waals surface area contributed by atoms with Gasteiger partial charge < -0.3 is 15.9 Å². The zero-order chi connectivity index (χ0) is 19.6. The van der Waals surface area contributed by atoms with Crippen molar-refractivity contribution in [2.75, 3.05) is 0 Å². The summed E-state index contributed by atoms with van der Waals surface area (Å²) in [5.41, 5.74) is 6.55. The summed E-state index contributed by atoms with van der Waals surface area (Å²) in [5, 5.41) is 22.8. The molecule has 3 heteroatoms. The molecule has 11 atom stereocenters. The van der Waals surface area contributed by atoms with Crippen molar-refractivity contribution in [3.05, 3.63) is 0 Å². The Labute approximate surface area is 166 Å². The highest BCUT2D eigenvalue weighted by Crippen LogP contribution is 2.68. The molecule has 4 fully saturated rings. The van der Waals surface area contributed by atoms with Crippen molar-refractivity contribution >= 4 is 0 Å². The molecule has 0 radical (unpaired) electrons. The van der Waals surface area contributed by atoms with E-state index in [0.29, 0.717) is 41.5 Å². The van der Waals surface area contributed by atoms with Crippen LogP contribution < -0.4 is 5.73 Å². The molecule has 0 amide bonds. The summed E-state index contributed by atoms with van der Waals surface area (Å²) in [6.45, 7) is 9.52. The second kappa shape index (κ2) is 6.99. The van der Waals surface area contributed by atoms with Crippen LogP contribution in [0.2, 0.25) is 0 Å². The van der Waals surface area contributed by atoms with Gasteiger partial charge in [0.2, 0.25) is 0 Å². The summed E-state index contributed by atoms with van der Waals surface area (Å²) in [6, 6.07) is 0.302. The minimum absolute atomic E-state index is 0.00893. The molecule has 0 aromatic heterocycles. The first-order valence-electron chi connectivity index (χ1n) is 11.8. The molecule has 0 aromatic carbocycles. The van der Waals surface area contributed by atoms with Crippen molar-refractivity contribution in [3.63, 3.8) is 0 Å². The highest BCUT2D eigenvalue weighted by molar-refractivity contribution is 5.14. The highest BCUT2D eigenvalue weighted by Gasteiger charge is 2.65. The van der Waals surface area contributed by atoms with Crippen LogP contribution in [0.1, 0.15) is 85.5 Å². The smallest absolute Gasteiger partial charge is 0.0602 e. The first-order chi connectivity index (χ1) is 12.7. The zero-order valence-corrected chi connectivity index (χ0v) is 18.0. The van der Waals surface area contributed by atoms with Gasteiger partial charge in [-0.2, -0.15) is 0 Å². The molecule has 0 bridgehead atoms. The fourth-order valence-corrected chi connectivity index (χ4v) is 8.84. The lowest BCUT2D eigenvalue weighted by Crippen LogP contribution is -2.62. The first kappa shape index (κ1) is 20.2. The van der Waals surface area contributed by atoms with Crippen LogP contribution in [0.25, 0.3) is 0 Å². The molecule has 0 saturated heterocycles. The molecule has 3 nitrogen and oxygen atoms in total. The highest BCUT2D eigenvalue weighted by atomic mass is 16.3. The predicted molar refractivity (Wildman–Crippen MR) is 110 cm³/mol. The number of aliphatic hydroxyl groups excluding tert-OH is 2. The summed E-state index contributed by atoms with van der Waals surface area (Å²) >= 11 is 0. The average Bonchev–Trinajstić information content (AvgIpc) is 2.96. The maximum absolute atomic E-state index is 11.5. The summed E-state index contributed by atoms with van der Waals surface area (Å²) in [5.74, 6) is 3.15. The number of aliphatic hydroxyl groups is 2. The fourth-order valence-electron chi connectivity index (χ4n) is 8.84. The molecule has 0 heterocycles. The van der Waals surface area contributed by atoms with Crippen LogP contribution in [0.5, 0.6) is 0 Å². The van der Waals surface area contributed by atoms with Gasteiger partial charge in [-0.05, 0) is 91.3 Å². The van der Waals surface area contributed by atoms with Gasteiger partial charge >= 0.3 is 0 Å². The summed E-state index contributed by atoms with van der Waals surface area (Å²) in [4.78, 5) is 0. The van der Waals surface area contributed by atoms with Crippen LogP contribution in [-0.2, 0) is 0 Å². The summed E-state index contributed by atoms with van der Waals surface area (Å²) in [7, 11) is 0. The lowest BCUT2D eigenvalue weighted by molar-refractivity contribution is -0.202. The lowest BCUT2D eigenvalue weighted by Gasteiger charge is -2.63. The van der Waals surface area contributed by atoms with Gasteiger partial charge in [-0.3, -0.25) is 0 Å². The molecule has 0 aliphatic heterocycles. The van der Waals surface area contributed by atoms with Crippen LogP contribution in [0.4, 0.5) is 0 Å². The monoisotopic (exact) mass is 377 g/mol. The van der Waals surface area contributed by atoms with Crippen molar-refractivity contribution in [1.29, 1.82) is 0 Å². The van der Waals surface area contributed by atoms with Gasteiger partial charge in [0.05, 0.1) is 12.2 Å². The van der Waals surface area contributed by atoms with Crippen molar-refractivity contribution in [2.45, 2.75) is 104 Å². The van der Waals surface area contributed by atoms with Gasteiger partial charge in [0.25, 0.3) is 0 Å². The normalized spacial score (nSPS) is 56.1. The van der Waals surface area contributed by atoms with Crippen molar-refractivity contribution in [2.24, 2.45) is 52.1 Å². The topological polar surface area (TPSA) is 66.5 Å². The van der Waals surface area contributed by atoms with E-state index in [-0.39, 0.29) is 23.0 Å². The van der Waals surface area contributed by atoms with Gasteiger partial charge in [-0.15, -0.1) is 0 Å². The maximum Gasteiger partial charge on any atom is 0.0602 e. The summed E-state index contributed by atoms with van der Waals surface area (Å²) < 4.78 is 0. The van der Waals surface area contributed by atoms with Crippen molar-refractivity contribution in [1.82, 2.24) is 0 Å². The molecular formula is C24H43NO2. The number of hydrogen-bond donors (Lipinski definition) is 3. The van der Waals surface area contributed by atoms with Crippen molar-refractivity contribution < 1.29 is 10.2 Å². The standard InChI is InChI=1S/C24H43NO2/c1-5-6-14(2)17-7-8-18-22-19(13-21(27)24(17,18)4)23(3)10-9-16(25)11-15(23)12-20(22)26/h14-22,26-27H,5-13,25H2,1-4H3/t14?,15-,16-,17+,18?,19?,20+,21-,22?,23-,24+/m0/s1.